The van der Waals surface area contributed by atoms with Crippen LogP contribution in [-0.2, 0) is 11.0 Å². The van der Waals surface area contributed by atoms with Gasteiger partial charge in [0.1, 0.15) is 17.5 Å². The SMILES string of the molecule is C=CC(=O)N1C[C@H](C)N(c2nc(=O)n3c4c(c(-c5ccc(F)cc5F)c(C(F)(F)F)cc24)SCC3CN2CCC2)C[C@H]1C. The molecule has 1 amide bonds. The molecule has 0 spiro atoms. The molecule has 228 valence electrons. The predicted octanol–water partition coefficient (Wildman–Crippen LogP) is 5.32. The fourth-order valence-electron chi connectivity index (χ4n) is 6.34. The molecule has 1 aromatic heterocycles. The highest BCUT2D eigenvalue weighted by atomic mass is 32.2. The van der Waals surface area contributed by atoms with E-state index in [1.807, 2.05) is 13.8 Å². The van der Waals surface area contributed by atoms with Crippen molar-refractivity contribution in [3.63, 3.8) is 0 Å². The Morgan fingerprint density at radius 2 is 1.88 bits per heavy atom. The van der Waals surface area contributed by atoms with Crippen LogP contribution in [0.2, 0.25) is 0 Å². The molecule has 7 nitrogen and oxygen atoms in total. The lowest BCUT2D eigenvalue weighted by Crippen LogP contribution is -2.58. The van der Waals surface area contributed by atoms with Gasteiger partial charge in [0.25, 0.3) is 0 Å². The molecular formula is C30H30F5N5O2S. The van der Waals surface area contributed by atoms with Crippen molar-refractivity contribution in [1.82, 2.24) is 19.4 Å². The van der Waals surface area contributed by atoms with Crippen LogP contribution in [0.25, 0.3) is 22.0 Å². The maximum atomic E-state index is 15.2. The molecule has 0 aliphatic carbocycles. The van der Waals surface area contributed by atoms with E-state index in [2.05, 4.69) is 16.5 Å². The van der Waals surface area contributed by atoms with Crippen LogP contribution in [0, 0.1) is 11.6 Å². The number of aromatic nitrogens is 2. The number of carbonyl (C=O) groups is 1. The van der Waals surface area contributed by atoms with Gasteiger partial charge in [-0.2, -0.15) is 18.2 Å². The number of hydrogen-bond acceptors (Lipinski definition) is 6. The second-order valence-electron chi connectivity index (χ2n) is 11.4. The number of alkyl halides is 3. The Kier molecular flexibility index (Phi) is 7.52. The van der Waals surface area contributed by atoms with Crippen molar-refractivity contribution in [3.05, 3.63) is 64.6 Å². The van der Waals surface area contributed by atoms with Gasteiger partial charge in [-0.15, -0.1) is 11.8 Å². The molecule has 2 fully saturated rings. The highest BCUT2D eigenvalue weighted by Crippen LogP contribution is 2.50. The van der Waals surface area contributed by atoms with Crippen LogP contribution < -0.4 is 10.6 Å². The first-order chi connectivity index (χ1) is 20.4. The quantitative estimate of drug-likeness (QED) is 0.285. The number of anilines is 1. The third-order valence-electron chi connectivity index (χ3n) is 8.57. The highest BCUT2D eigenvalue weighted by Gasteiger charge is 2.41. The van der Waals surface area contributed by atoms with E-state index in [1.54, 1.807) is 9.80 Å². The Morgan fingerprint density at radius 3 is 2.51 bits per heavy atom. The van der Waals surface area contributed by atoms with E-state index in [4.69, 9.17) is 0 Å². The van der Waals surface area contributed by atoms with Gasteiger partial charge in [-0.25, -0.2) is 13.6 Å². The van der Waals surface area contributed by atoms with Crippen molar-refractivity contribution in [1.29, 1.82) is 0 Å². The van der Waals surface area contributed by atoms with Gasteiger partial charge in [-0.3, -0.25) is 9.36 Å². The van der Waals surface area contributed by atoms with Crippen LogP contribution >= 0.6 is 11.8 Å². The van der Waals surface area contributed by atoms with Crippen molar-refractivity contribution in [2.45, 2.75) is 49.5 Å². The Morgan fingerprint density at radius 1 is 1.14 bits per heavy atom. The average Bonchev–Trinajstić information content (AvgIpc) is 2.92. The second-order valence-corrected chi connectivity index (χ2v) is 12.4. The summed E-state index contributed by atoms with van der Waals surface area (Å²) in [5, 5.41) is 0.122. The first-order valence-corrected chi connectivity index (χ1v) is 15.1. The molecule has 0 N–H and O–H groups in total. The molecule has 3 aliphatic rings. The van der Waals surface area contributed by atoms with E-state index >= 15 is 4.39 Å². The standard InChI is InChI=1S/C30H30F5N5O2S/c1-4-24(41)38-12-17(3)39(13-16(38)2)28-21-11-22(30(33,34)35)25(20-7-6-18(31)10-23(20)32)27-26(21)40(29(42)36-28)19(15-43-27)14-37-8-5-9-37/h4,6-7,10-11,16-17,19H,1,5,8-9,12-15H2,2-3H3/t16-,17+,19?/m1/s1. The Bertz CT molecular complexity index is 1690. The van der Waals surface area contributed by atoms with Gasteiger partial charge >= 0.3 is 11.9 Å². The topological polar surface area (TPSA) is 61.7 Å². The van der Waals surface area contributed by atoms with Gasteiger partial charge in [-0.05, 0) is 57.6 Å². The molecule has 6 rings (SSSR count). The molecule has 2 aromatic carbocycles. The summed E-state index contributed by atoms with van der Waals surface area (Å²) in [7, 11) is 0. The predicted molar refractivity (Wildman–Crippen MR) is 155 cm³/mol. The maximum Gasteiger partial charge on any atom is 0.417 e. The molecule has 0 radical (unpaired) electrons. The molecular weight excluding hydrogens is 589 g/mol. The van der Waals surface area contributed by atoms with Crippen molar-refractivity contribution in [2.24, 2.45) is 0 Å². The smallest absolute Gasteiger partial charge is 0.349 e. The highest BCUT2D eigenvalue weighted by molar-refractivity contribution is 7.99. The van der Waals surface area contributed by atoms with Gasteiger partial charge in [0.05, 0.1) is 17.1 Å². The average molecular weight is 620 g/mol. The molecule has 13 heteroatoms. The number of piperazine rings is 1. The minimum atomic E-state index is -4.90. The van der Waals surface area contributed by atoms with Gasteiger partial charge in [-0.1, -0.05) is 6.58 Å². The first-order valence-electron chi connectivity index (χ1n) is 14.1. The molecule has 1 unspecified atom stereocenters. The van der Waals surface area contributed by atoms with E-state index in [9.17, 15) is 27.2 Å². The zero-order valence-corrected chi connectivity index (χ0v) is 24.4. The number of nitrogens with zero attached hydrogens (tertiary/aromatic N) is 5. The lowest BCUT2D eigenvalue weighted by Gasteiger charge is -2.45. The van der Waals surface area contributed by atoms with Crippen LogP contribution in [0.5, 0.6) is 0 Å². The number of hydrogen-bond donors (Lipinski definition) is 0. The van der Waals surface area contributed by atoms with Gasteiger partial charge in [0.15, 0.2) is 0 Å². The number of thioether (sulfide) groups is 1. The molecule has 3 aromatic rings. The monoisotopic (exact) mass is 619 g/mol. The zero-order valence-electron chi connectivity index (χ0n) is 23.6. The Labute approximate surface area is 249 Å². The van der Waals surface area contributed by atoms with Crippen LogP contribution in [0.15, 0.2) is 46.6 Å². The van der Waals surface area contributed by atoms with Crippen LogP contribution in [0.3, 0.4) is 0 Å². The van der Waals surface area contributed by atoms with Crippen LogP contribution in [0.1, 0.15) is 31.9 Å². The van der Waals surface area contributed by atoms with E-state index in [-0.39, 0.29) is 64.5 Å². The normalized spacial score (nSPS) is 22.5. The number of carbonyl (C=O) groups excluding carboxylic acids is 1. The van der Waals surface area contributed by atoms with E-state index < -0.39 is 40.2 Å². The van der Waals surface area contributed by atoms with Crippen molar-refractivity contribution in [2.75, 3.05) is 43.4 Å². The minimum absolute atomic E-state index is 0.0874. The summed E-state index contributed by atoms with van der Waals surface area (Å²) in [6.45, 7) is 9.91. The summed E-state index contributed by atoms with van der Waals surface area (Å²) in [4.78, 5) is 36.3. The summed E-state index contributed by atoms with van der Waals surface area (Å²) < 4.78 is 74.9. The zero-order chi connectivity index (χ0) is 30.8. The molecule has 43 heavy (non-hydrogen) atoms. The number of amides is 1. The second kappa shape index (κ2) is 10.9. The summed E-state index contributed by atoms with van der Waals surface area (Å²) in [5.41, 5.74) is -2.26. The Hall–Kier alpha value is -3.45. The van der Waals surface area contributed by atoms with E-state index in [0.29, 0.717) is 12.6 Å². The third kappa shape index (κ3) is 5.09. The van der Waals surface area contributed by atoms with Gasteiger partial charge in [0.2, 0.25) is 5.91 Å². The molecule has 2 saturated heterocycles. The van der Waals surface area contributed by atoms with Crippen LogP contribution in [-0.4, -0.2) is 75.8 Å². The number of halogens is 5. The first kappa shape index (κ1) is 29.6. The van der Waals surface area contributed by atoms with Crippen molar-refractivity contribution in [3.8, 4) is 11.1 Å². The summed E-state index contributed by atoms with van der Waals surface area (Å²) >= 11 is 1.15. The number of likely N-dealkylation sites (tertiary alicyclic amines) is 1. The van der Waals surface area contributed by atoms with Gasteiger partial charge in [0, 0.05) is 64.9 Å². The van der Waals surface area contributed by atoms with Crippen molar-refractivity contribution < 1.29 is 26.7 Å². The molecule has 3 aliphatic heterocycles. The molecule has 4 heterocycles. The molecule has 0 saturated carbocycles. The Balaban J connectivity index is 1.63. The minimum Gasteiger partial charge on any atom is -0.349 e. The summed E-state index contributed by atoms with van der Waals surface area (Å²) in [5.74, 6) is -1.93. The number of rotatable bonds is 5. The maximum absolute atomic E-state index is 15.2. The largest absolute Gasteiger partial charge is 0.417 e. The molecule has 3 atom stereocenters. The summed E-state index contributed by atoms with van der Waals surface area (Å²) in [6.07, 6.45) is -2.66. The van der Waals surface area contributed by atoms with Crippen LogP contribution in [0.4, 0.5) is 27.8 Å². The fraction of sp³-hybridized carbons (Fsp3) is 0.433. The number of benzene rings is 2. The fourth-order valence-corrected chi connectivity index (χ4v) is 7.66. The van der Waals surface area contributed by atoms with E-state index in [1.165, 1.54) is 10.6 Å². The lowest BCUT2D eigenvalue weighted by atomic mass is 9.95. The third-order valence-corrected chi connectivity index (χ3v) is 9.81. The molecule has 0 bridgehead atoms. The van der Waals surface area contributed by atoms with E-state index in [0.717, 1.165) is 49.5 Å². The van der Waals surface area contributed by atoms with Crippen molar-refractivity contribution >= 4 is 34.4 Å². The summed E-state index contributed by atoms with van der Waals surface area (Å²) in [6, 6.07) is 2.35. The van der Waals surface area contributed by atoms with Gasteiger partial charge < -0.3 is 14.7 Å². The lowest BCUT2D eigenvalue weighted by molar-refractivity contribution is -0.137.